The highest BCUT2D eigenvalue weighted by Crippen LogP contribution is 2.36. The Bertz CT molecular complexity index is 496. The predicted octanol–water partition coefficient (Wildman–Crippen LogP) is 0.785. The summed E-state index contributed by atoms with van der Waals surface area (Å²) in [6, 6.07) is 5.15. The summed E-state index contributed by atoms with van der Waals surface area (Å²) in [5.41, 5.74) is 0.869. The molecule has 0 radical (unpaired) electrons. The summed E-state index contributed by atoms with van der Waals surface area (Å²) in [7, 11) is 0.308. The van der Waals surface area contributed by atoms with Gasteiger partial charge in [0.2, 0.25) is 0 Å². The van der Waals surface area contributed by atoms with Crippen molar-refractivity contribution in [2.75, 3.05) is 26.5 Å². The summed E-state index contributed by atoms with van der Waals surface area (Å²) < 4.78 is 28.9. The molecule has 0 saturated heterocycles. The maximum absolute atomic E-state index is 11.9. The van der Waals surface area contributed by atoms with Crippen LogP contribution in [0.25, 0.3) is 0 Å². The lowest BCUT2D eigenvalue weighted by Gasteiger charge is -2.09. The van der Waals surface area contributed by atoms with Crippen LogP contribution in [0.1, 0.15) is 11.5 Å². The van der Waals surface area contributed by atoms with Crippen LogP contribution in [-0.4, -0.2) is 34.9 Å². The molecule has 1 aliphatic heterocycles. The number of fused-ring (bicyclic) bond motifs is 1. The van der Waals surface area contributed by atoms with Gasteiger partial charge in [-0.1, -0.05) is 0 Å². The lowest BCUT2D eigenvalue weighted by atomic mass is 10.0. The summed E-state index contributed by atoms with van der Waals surface area (Å²) >= 11 is 0. The SMILES string of the molecule is CNCC1CS(=O)(=O)c2ccc(OC)cc21. The van der Waals surface area contributed by atoms with Gasteiger partial charge < -0.3 is 10.1 Å². The fourth-order valence-electron chi connectivity index (χ4n) is 2.12. The first-order valence-electron chi connectivity index (χ1n) is 5.14. The molecule has 0 amide bonds. The van der Waals surface area contributed by atoms with E-state index in [0.29, 0.717) is 17.2 Å². The fraction of sp³-hybridized carbons (Fsp3) is 0.455. The fourth-order valence-corrected chi connectivity index (χ4v) is 3.98. The van der Waals surface area contributed by atoms with Gasteiger partial charge in [0.25, 0.3) is 0 Å². The number of methoxy groups -OCH3 is 1. The maximum atomic E-state index is 11.9. The van der Waals surface area contributed by atoms with Crippen LogP contribution in [0.15, 0.2) is 23.1 Å². The van der Waals surface area contributed by atoms with Gasteiger partial charge in [-0.05, 0) is 30.8 Å². The summed E-state index contributed by atoms with van der Waals surface area (Å²) in [5.74, 6) is 0.924. The Kier molecular flexibility index (Phi) is 2.90. The number of rotatable bonds is 3. The third-order valence-corrected chi connectivity index (χ3v) is 4.75. The van der Waals surface area contributed by atoms with Crippen molar-refractivity contribution in [2.45, 2.75) is 10.8 Å². The minimum absolute atomic E-state index is 0.0279. The third-order valence-electron chi connectivity index (χ3n) is 2.86. The molecule has 0 spiro atoms. The van der Waals surface area contributed by atoms with E-state index in [1.807, 2.05) is 13.1 Å². The number of nitrogens with one attached hydrogen (secondary N) is 1. The number of hydrogen-bond acceptors (Lipinski definition) is 4. The molecule has 1 N–H and O–H groups in total. The van der Waals surface area contributed by atoms with Crippen molar-refractivity contribution in [1.82, 2.24) is 5.32 Å². The largest absolute Gasteiger partial charge is 0.497 e. The van der Waals surface area contributed by atoms with Gasteiger partial charge in [-0.15, -0.1) is 0 Å². The van der Waals surface area contributed by atoms with Gasteiger partial charge in [-0.3, -0.25) is 0 Å². The minimum Gasteiger partial charge on any atom is -0.497 e. The van der Waals surface area contributed by atoms with Crippen molar-refractivity contribution >= 4 is 9.84 Å². The normalized spacial score (nSPS) is 21.8. The third kappa shape index (κ3) is 1.81. The average Bonchev–Trinajstić information content (AvgIpc) is 2.51. The van der Waals surface area contributed by atoms with Crippen molar-refractivity contribution < 1.29 is 13.2 Å². The first-order chi connectivity index (χ1) is 7.58. The Morgan fingerprint density at radius 3 is 2.88 bits per heavy atom. The Labute approximate surface area is 95.5 Å². The van der Waals surface area contributed by atoms with Gasteiger partial charge in [0, 0.05) is 12.5 Å². The molecule has 1 unspecified atom stereocenters. The lowest BCUT2D eigenvalue weighted by Crippen LogP contribution is -2.18. The Balaban J connectivity index is 2.50. The highest BCUT2D eigenvalue weighted by molar-refractivity contribution is 7.91. The molecule has 2 rings (SSSR count). The average molecular weight is 241 g/mol. The first-order valence-corrected chi connectivity index (χ1v) is 6.79. The second kappa shape index (κ2) is 4.07. The molecule has 0 bridgehead atoms. The molecule has 0 aliphatic carbocycles. The second-order valence-corrected chi connectivity index (χ2v) is 5.94. The molecule has 0 aromatic heterocycles. The van der Waals surface area contributed by atoms with E-state index in [9.17, 15) is 8.42 Å². The molecule has 4 nitrogen and oxygen atoms in total. The highest BCUT2D eigenvalue weighted by Gasteiger charge is 2.34. The van der Waals surface area contributed by atoms with E-state index < -0.39 is 9.84 Å². The Morgan fingerprint density at radius 2 is 2.25 bits per heavy atom. The van der Waals surface area contributed by atoms with Gasteiger partial charge in [-0.25, -0.2) is 8.42 Å². The van der Waals surface area contributed by atoms with Gasteiger partial charge in [0.05, 0.1) is 17.8 Å². The number of sulfone groups is 1. The van der Waals surface area contributed by atoms with Gasteiger partial charge in [-0.2, -0.15) is 0 Å². The molecule has 88 valence electrons. The summed E-state index contributed by atoms with van der Waals surface area (Å²) in [5, 5.41) is 3.02. The van der Waals surface area contributed by atoms with Crippen LogP contribution in [-0.2, 0) is 9.84 Å². The number of benzene rings is 1. The minimum atomic E-state index is -3.10. The van der Waals surface area contributed by atoms with E-state index >= 15 is 0 Å². The van der Waals surface area contributed by atoms with E-state index in [4.69, 9.17) is 4.74 Å². The molecule has 1 aliphatic rings. The van der Waals surface area contributed by atoms with Crippen LogP contribution in [0.5, 0.6) is 5.75 Å². The Morgan fingerprint density at radius 1 is 1.50 bits per heavy atom. The van der Waals surface area contributed by atoms with Crippen LogP contribution in [0, 0.1) is 0 Å². The van der Waals surface area contributed by atoms with E-state index in [2.05, 4.69) is 5.32 Å². The monoisotopic (exact) mass is 241 g/mol. The molecule has 1 aromatic rings. The zero-order valence-corrected chi connectivity index (χ0v) is 10.2. The second-order valence-electron chi connectivity index (χ2n) is 3.94. The Hall–Kier alpha value is -1.07. The van der Waals surface area contributed by atoms with Crippen molar-refractivity contribution in [3.8, 4) is 5.75 Å². The highest BCUT2D eigenvalue weighted by atomic mass is 32.2. The standard InChI is InChI=1S/C11H15NO3S/c1-12-6-8-7-16(13,14)11-4-3-9(15-2)5-10(8)11/h3-5,8,12H,6-7H2,1-2H3. The predicted molar refractivity (Wildman–Crippen MR) is 61.7 cm³/mol. The van der Waals surface area contributed by atoms with E-state index in [1.165, 1.54) is 0 Å². The number of ether oxygens (including phenoxy) is 1. The zero-order valence-electron chi connectivity index (χ0n) is 9.36. The summed E-state index contributed by atoms with van der Waals surface area (Å²) in [6.45, 7) is 0.666. The molecule has 0 saturated carbocycles. The molecule has 16 heavy (non-hydrogen) atoms. The number of likely N-dealkylation sites (N-methyl/N-ethyl adjacent to an activating group) is 1. The quantitative estimate of drug-likeness (QED) is 0.850. The summed E-state index contributed by atoms with van der Waals surface area (Å²) in [4.78, 5) is 0.452. The van der Waals surface area contributed by atoms with Crippen molar-refractivity contribution in [1.29, 1.82) is 0 Å². The van der Waals surface area contributed by atoms with E-state index in [0.717, 1.165) is 5.56 Å². The molecular formula is C11H15NO3S. The van der Waals surface area contributed by atoms with Crippen LogP contribution in [0.4, 0.5) is 0 Å². The molecule has 1 aromatic carbocycles. The summed E-state index contributed by atoms with van der Waals surface area (Å²) in [6.07, 6.45) is 0. The van der Waals surface area contributed by atoms with E-state index in [1.54, 1.807) is 19.2 Å². The smallest absolute Gasteiger partial charge is 0.179 e. The molecule has 1 atom stereocenters. The van der Waals surface area contributed by atoms with Crippen LogP contribution >= 0.6 is 0 Å². The topological polar surface area (TPSA) is 55.4 Å². The van der Waals surface area contributed by atoms with Gasteiger partial charge in [0.15, 0.2) is 9.84 Å². The van der Waals surface area contributed by atoms with Gasteiger partial charge >= 0.3 is 0 Å². The molecular weight excluding hydrogens is 226 g/mol. The van der Waals surface area contributed by atoms with Crippen LogP contribution in [0.3, 0.4) is 0 Å². The van der Waals surface area contributed by atoms with Crippen molar-refractivity contribution in [3.05, 3.63) is 23.8 Å². The molecule has 1 heterocycles. The number of hydrogen-bond donors (Lipinski definition) is 1. The van der Waals surface area contributed by atoms with Crippen molar-refractivity contribution in [3.63, 3.8) is 0 Å². The van der Waals surface area contributed by atoms with E-state index in [-0.39, 0.29) is 11.7 Å². The molecule has 0 fully saturated rings. The molecule has 5 heteroatoms. The maximum Gasteiger partial charge on any atom is 0.179 e. The lowest BCUT2D eigenvalue weighted by molar-refractivity contribution is 0.413. The van der Waals surface area contributed by atoms with Crippen LogP contribution in [0.2, 0.25) is 0 Å². The first kappa shape index (κ1) is 11.4. The van der Waals surface area contributed by atoms with Crippen LogP contribution < -0.4 is 10.1 Å². The van der Waals surface area contributed by atoms with Crippen molar-refractivity contribution in [2.24, 2.45) is 0 Å². The zero-order chi connectivity index (χ0) is 11.8. The van der Waals surface area contributed by atoms with Gasteiger partial charge in [0.1, 0.15) is 5.75 Å².